The van der Waals surface area contributed by atoms with Crippen LogP contribution in [0.1, 0.15) is 35.5 Å². The van der Waals surface area contributed by atoms with Crippen molar-refractivity contribution in [2.24, 2.45) is 5.10 Å². The Morgan fingerprint density at radius 1 is 1.30 bits per heavy atom. The topological polar surface area (TPSA) is 150 Å². The number of furan rings is 1. The lowest BCUT2D eigenvalue weighted by molar-refractivity contribution is -0.393. The Hall–Kier alpha value is -3.76. The summed E-state index contributed by atoms with van der Waals surface area (Å²) in [6.07, 6.45) is 1.25. The Morgan fingerprint density at radius 2 is 2.00 bits per heavy atom. The van der Waals surface area contributed by atoms with Gasteiger partial charge in [-0.3, -0.25) is 25.7 Å². The van der Waals surface area contributed by atoms with Crippen molar-refractivity contribution in [3.8, 4) is 0 Å². The fourth-order valence-electron chi connectivity index (χ4n) is 2.34. The SMILES string of the molecule is CCOC(=O)c1coc(C)c1/C(C)=N/Nc1ccc([N+](=O)[O-])cc1[N+](=O)[O-]. The van der Waals surface area contributed by atoms with Crippen LogP contribution in [-0.2, 0) is 4.74 Å². The number of esters is 1. The molecule has 0 fully saturated rings. The zero-order valence-electron chi connectivity index (χ0n) is 14.7. The molecular weight excluding hydrogens is 360 g/mol. The number of anilines is 1. The van der Waals surface area contributed by atoms with Crippen LogP contribution in [0.5, 0.6) is 0 Å². The first kappa shape index (κ1) is 19.6. The van der Waals surface area contributed by atoms with Gasteiger partial charge in [-0.25, -0.2) is 4.79 Å². The van der Waals surface area contributed by atoms with Crippen molar-refractivity contribution >= 4 is 28.7 Å². The van der Waals surface area contributed by atoms with E-state index in [1.54, 1.807) is 20.8 Å². The number of nitrogens with one attached hydrogen (secondary N) is 1. The number of hydrogen-bond acceptors (Lipinski definition) is 9. The van der Waals surface area contributed by atoms with E-state index < -0.39 is 27.2 Å². The van der Waals surface area contributed by atoms with E-state index in [0.29, 0.717) is 17.0 Å². The Morgan fingerprint density at radius 3 is 2.59 bits per heavy atom. The first-order chi connectivity index (χ1) is 12.8. The highest BCUT2D eigenvalue weighted by atomic mass is 16.6. The molecule has 2 aromatic rings. The van der Waals surface area contributed by atoms with E-state index in [4.69, 9.17) is 9.15 Å². The maximum atomic E-state index is 12.0. The second kappa shape index (κ2) is 8.08. The molecule has 11 heteroatoms. The predicted octanol–water partition coefficient (Wildman–Crippen LogP) is 3.42. The van der Waals surface area contributed by atoms with Gasteiger partial charge < -0.3 is 9.15 Å². The summed E-state index contributed by atoms with van der Waals surface area (Å²) in [5.41, 5.74) is 2.43. The standard InChI is InChI=1S/C16H16N4O7/c1-4-26-16(21)12-8-27-10(3)15(12)9(2)17-18-13-6-5-11(19(22)23)7-14(13)20(24)25/h5-8,18H,4H2,1-3H3/b17-9+. The highest BCUT2D eigenvalue weighted by molar-refractivity contribution is 6.08. The van der Waals surface area contributed by atoms with E-state index >= 15 is 0 Å². The van der Waals surface area contributed by atoms with Crippen molar-refractivity contribution in [3.63, 3.8) is 0 Å². The predicted molar refractivity (Wildman–Crippen MR) is 95.0 cm³/mol. The monoisotopic (exact) mass is 376 g/mol. The number of non-ortho nitro benzene ring substituents is 1. The molecule has 0 unspecified atom stereocenters. The van der Waals surface area contributed by atoms with E-state index in [-0.39, 0.29) is 17.9 Å². The minimum absolute atomic E-state index is 0.0382. The molecule has 1 heterocycles. The second-order valence-electron chi connectivity index (χ2n) is 5.33. The molecule has 0 amide bonds. The van der Waals surface area contributed by atoms with Gasteiger partial charge in [-0.2, -0.15) is 5.10 Å². The number of carbonyl (C=O) groups excluding carboxylic acids is 1. The molecule has 0 saturated carbocycles. The van der Waals surface area contributed by atoms with Crippen molar-refractivity contribution in [1.82, 2.24) is 0 Å². The summed E-state index contributed by atoms with van der Waals surface area (Å²) in [5.74, 6) is -0.167. The summed E-state index contributed by atoms with van der Waals surface area (Å²) in [7, 11) is 0. The number of nitro benzene ring substituents is 2. The fourth-order valence-corrected chi connectivity index (χ4v) is 2.34. The van der Waals surface area contributed by atoms with Crippen LogP contribution in [0.25, 0.3) is 0 Å². The van der Waals surface area contributed by atoms with Crippen LogP contribution < -0.4 is 5.43 Å². The molecule has 0 aliphatic heterocycles. The molecule has 1 N–H and O–H groups in total. The third-order valence-electron chi connectivity index (χ3n) is 3.56. The van der Waals surface area contributed by atoms with Gasteiger partial charge in [-0.1, -0.05) is 0 Å². The molecular formula is C16H16N4O7. The molecule has 1 aromatic heterocycles. The number of ether oxygens (including phenoxy) is 1. The molecule has 0 bridgehead atoms. The summed E-state index contributed by atoms with van der Waals surface area (Å²) >= 11 is 0. The molecule has 2 rings (SSSR count). The Labute approximate surface area is 152 Å². The van der Waals surface area contributed by atoms with Crippen LogP contribution in [0.3, 0.4) is 0 Å². The van der Waals surface area contributed by atoms with Gasteiger partial charge >= 0.3 is 11.7 Å². The van der Waals surface area contributed by atoms with E-state index in [1.165, 1.54) is 12.3 Å². The van der Waals surface area contributed by atoms with E-state index in [0.717, 1.165) is 12.1 Å². The van der Waals surface area contributed by atoms with E-state index in [9.17, 15) is 25.0 Å². The average molecular weight is 376 g/mol. The smallest absolute Gasteiger partial charge is 0.342 e. The van der Waals surface area contributed by atoms with Crippen LogP contribution in [0.4, 0.5) is 17.1 Å². The van der Waals surface area contributed by atoms with Gasteiger partial charge in [0.1, 0.15) is 23.3 Å². The van der Waals surface area contributed by atoms with E-state index in [1.807, 2.05) is 0 Å². The molecule has 11 nitrogen and oxygen atoms in total. The van der Waals surface area contributed by atoms with Crippen LogP contribution >= 0.6 is 0 Å². The Balaban J connectivity index is 2.36. The Bertz CT molecular complexity index is 933. The van der Waals surface area contributed by atoms with Crippen molar-refractivity contribution < 1.29 is 23.8 Å². The lowest BCUT2D eigenvalue weighted by Gasteiger charge is -2.06. The average Bonchev–Trinajstić information content (AvgIpc) is 3.01. The van der Waals surface area contributed by atoms with Gasteiger partial charge in [0.15, 0.2) is 0 Å². The molecule has 0 aliphatic carbocycles. The van der Waals surface area contributed by atoms with Crippen molar-refractivity contribution in [1.29, 1.82) is 0 Å². The quantitative estimate of drug-likeness (QED) is 0.334. The summed E-state index contributed by atoms with van der Waals surface area (Å²) in [5, 5.41) is 26.0. The summed E-state index contributed by atoms with van der Waals surface area (Å²) in [6, 6.07) is 3.13. The number of nitro groups is 2. The van der Waals surface area contributed by atoms with Crippen molar-refractivity contribution in [2.45, 2.75) is 20.8 Å². The third kappa shape index (κ3) is 4.26. The van der Waals surface area contributed by atoms with Crippen molar-refractivity contribution in [2.75, 3.05) is 12.0 Å². The maximum absolute atomic E-state index is 12.0. The molecule has 0 atom stereocenters. The van der Waals surface area contributed by atoms with Crippen molar-refractivity contribution in [3.05, 3.63) is 61.6 Å². The van der Waals surface area contributed by atoms with Crippen LogP contribution in [0.2, 0.25) is 0 Å². The molecule has 27 heavy (non-hydrogen) atoms. The second-order valence-corrected chi connectivity index (χ2v) is 5.33. The minimum atomic E-state index is -0.757. The largest absolute Gasteiger partial charge is 0.468 e. The first-order valence-electron chi connectivity index (χ1n) is 7.75. The lowest BCUT2D eigenvalue weighted by atomic mass is 10.1. The number of benzene rings is 1. The zero-order chi connectivity index (χ0) is 20.1. The van der Waals surface area contributed by atoms with E-state index in [2.05, 4.69) is 10.5 Å². The molecule has 0 spiro atoms. The highest BCUT2D eigenvalue weighted by Crippen LogP contribution is 2.29. The lowest BCUT2D eigenvalue weighted by Crippen LogP contribution is -2.10. The minimum Gasteiger partial charge on any atom is -0.468 e. The molecule has 0 radical (unpaired) electrons. The van der Waals surface area contributed by atoms with Gasteiger partial charge in [0.05, 0.1) is 33.8 Å². The zero-order valence-corrected chi connectivity index (χ0v) is 14.7. The molecule has 1 aromatic carbocycles. The summed E-state index contributed by atoms with van der Waals surface area (Å²) < 4.78 is 10.2. The molecule has 0 saturated heterocycles. The fraction of sp³-hybridized carbons (Fsp3) is 0.250. The summed E-state index contributed by atoms with van der Waals surface area (Å²) in [4.78, 5) is 32.4. The number of rotatable bonds is 7. The van der Waals surface area contributed by atoms with Gasteiger partial charge in [0, 0.05) is 6.07 Å². The third-order valence-corrected chi connectivity index (χ3v) is 3.56. The number of nitrogens with zero attached hydrogens (tertiary/aromatic N) is 3. The van der Waals surface area contributed by atoms with Crippen LogP contribution in [0, 0.1) is 27.2 Å². The highest BCUT2D eigenvalue weighted by Gasteiger charge is 2.22. The number of hydrogen-bond donors (Lipinski definition) is 1. The van der Waals surface area contributed by atoms with Gasteiger partial charge in [0.2, 0.25) is 0 Å². The van der Waals surface area contributed by atoms with Gasteiger partial charge in [-0.15, -0.1) is 0 Å². The van der Waals surface area contributed by atoms with Gasteiger partial charge in [-0.05, 0) is 26.8 Å². The summed E-state index contributed by atoms with van der Waals surface area (Å²) in [6.45, 7) is 5.06. The number of aryl methyl sites for hydroxylation is 1. The number of carbonyl (C=O) groups is 1. The van der Waals surface area contributed by atoms with Crippen LogP contribution in [-0.4, -0.2) is 28.1 Å². The van der Waals surface area contributed by atoms with Crippen LogP contribution in [0.15, 0.2) is 34.0 Å². The Kier molecular flexibility index (Phi) is 5.85. The first-order valence-corrected chi connectivity index (χ1v) is 7.75. The molecule has 142 valence electrons. The van der Waals surface area contributed by atoms with Gasteiger partial charge in [0.25, 0.3) is 5.69 Å². The molecule has 0 aliphatic rings. The number of hydrazone groups is 1. The normalized spacial score (nSPS) is 11.1. The maximum Gasteiger partial charge on any atom is 0.342 e.